The van der Waals surface area contributed by atoms with E-state index >= 15 is 0 Å². The first-order chi connectivity index (χ1) is 6.43. The van der Waals surface area contributed by atoms with Gasteiger partial charge in [-0.1, -0.05) is 6.08 Å². The first kappa shape index (κ1) is 10.7. The van der Waals surface area contributed by atoms with E-state index in [0.29, 0.717) is 0 Å². The van der Waals surface area contributed by atoms with Crippen LogP contribution in [0.15, 0.2) is 12.7 Å². The Morgan fingerprint density at radius 2 is 2.15 bits per heavy atom. The standard InChI is InChI=1S/C10H20N2O/c1-2-4-11-5-3-6-12-7-9-13-10-8-12/h2,11H,1,3-10H2. The van der Waals surface area contributed by atoms with Crippen LogP contribution in [0.3, 0.4) is 0 Å². The third-order valence-electron chi connectivity index (χ3n) is 2.22. The Bertz CT molecular complexity index is 133. The number of hydrogen-bond acceptors (Lipinski definition) is 3. The molecule has 1 N–H and O–H groups in total. The summed E-state index contributed by atoms with van der Waals surface area (Å²) in [7, 11) is 0. The Hall–Kier alpha value is -0.380. The van der Waals surface area contributed by atoms with Crippen molar-refractivity contribution in [2.24, 2.45) is 0 Å². The second-order valence-corrected chi connectivity index (χ2v) is 3.30. The number of hydrogen-bond donors (Lipinski definition) is 1. The Labute approximate surface area is 80.8 Å². The highest BCUT2D eigenvalue weighted by molar-refractivity contribution is 4.70. The molecule has 1 aliphatic heterocycles. The molecule has 0 unspecified atom stereocenters. The molecule has 3 nitrogen and oxygen atoms in total. The van der Waals surface area contributed by atoms with Gasteiger partial charge in [0.1, 0.15) is 0 Å². The van der Waals surface area contributed by atoms with Crippen LogP contribution in [0, 0.1) is 0 Å². The molecule has 0 aromatic heterocycles. The van der Waals surface area contributed by atoms with Gasteiger partial charge in [-0.05, 0) is 19.5 Å². The van der Waals surface area contributed by atoms with Crippen molar-refractivity contribution in [1.29, 1.82) is 0 Å². The van der Waals surface area contributed by atoms with Crippen molar-refractivity contribution < 1.29 is 4.74 Å². The quantitative estimate of drug-likeness (QED) is 0.480. The third kappa shape index (κ3) is 5.03. The largest absolute Gasteiger partial charge is 0.379 e. The number of nitrogens with one attached hydrogen (secondary N) is 1. The predicted molar refractivity (Wildman–Crippen MR) is 54.9 cm³/mol. The maximum absolute atomic E-state index is 5.27. The molecule has 0 saturated carbocycles. The minimum Gasteiger partial charge on any atom is -0.379 e. The summed E-state index contributed by atoms with van der Waals surface area (Å²) in [6, 6.07) is 0. The Balaban J connectivity index is 1.89. The van der Waals surface area contributed by atoms with Crippen LogP contribution in [0.1, 0.15) is 6.42 Å². The second kappa shape index (κ2) is 7.06. The number of rotatable bonds is 6. The lowest BCUT2D eigenvalue weighted by Gasteiger charge is -2.26. The summed E-state index contributed by atoms with van der Waals surface area (Å²) in [5.74, 6) is 0. The molecule has 0 aromatic rings. The SMILES string of the molecule is C=CCNCCCN1CCOCC1. The van der Waals surface area contributed by atoms with Gasteiger partial charge < -0.3 is 10.1 Å². The maximum atomic E-state index is 5.27. The highest BCUT2D eigenvalue weighted by Crippen LogP contribution is 1.96. The van der Waals surface area contributed by atoms with Gasteiger partial charge in [0, 0.05) is 19.6 Å². The zero-order valence-electron chi connectivity index (χ0n) is 8.30. The van der Waals surface area contributed by atoms with E-state index in [1.807, 2.05) is 6.08 Å². The number of morpholine rings is 1. The molecule has 0 amide bonds. The van der Waals surface area contributed by atoms with Crippen LogP contribution in [0.5, 0.6) is 0 Å². The highest BCUT2D eigenvalue weighted by Gasteiger charge is 2.08. The summed E-state index contributed by atoms with van der Waals surface area (Å²) >= 11 is 0. The summed E-state index contributed by atoms with van der Waals surface area (Å²) in [5, 5.41) is 3.30. The van der Waals surface area contributed by atoms with Crippen LogP contribution in [-0.2, 0) is 4.74 Å². The fraction of sp³-hybridized carbons (Fsp3) is 0.800. The third-order valence-corrected chi connectivity index (χ3v) is 2.22. The van der Waals surface area contributed by atoms with E-state index in [1.54, 1.807) is 0 Å². The van der Waals surface area contributed by atoms with Crippen molar-refractivity contribution in [3.05, 3.63) is 12.7 Å². The van der Waals surface area contributed by atoms with Crippen LogP contribution in [0.25, 0.3) is 0 Å². The average Bonchev–Trinajstić information content (AvgIpc) is 2.19. The van der Waals surface area contributed by atoms with Gasteiger partial charge in [0.2, 0.25) is 0 Å². The van der Waals surface area contributed by atoms with Crippen LogP contribution < -0.4 is 5.32 Å². The minimum atomic E-state index is 0.903. The highest BCUT2D eigenvalue weighted by atomic mass is 16.5. The molecule has 0 aliphatic carbocycles. The van der Waals surface area contributed by atoms with Gasteiger partial charge in [0.05, 0.1) is 13.2 Å². The van der Waals surface area contributed by atoms with Gasteiger partial charge in [0.15, 0.2) is 0 Å². The first-order valence-corrected chi connectivity index (χ1v) is 5.05. The molecule has 13 heavy (non-hydrogen) atoms. The van der Waals surface area contributed by atoms with Gasteiger partial charge >= 0.3 is 0 Å². The van der Waals surface area contributed by atoms with Crippen molar-refractivity contribution in [3.63, 3.8) is 0 Å². The van der Waals surface area contributed by atoms with E-state index < -0.39 is 0 Å². The molecule has 0 bridgehead atoms. The van der Waals surface area contributed by atoms with Crippen LogP contribution in [0.2, 0.25) is 0 Å². The van der Waals surface area contributed by atoms with Gasteiger partial charge in [-0.15, -0.1) is 6.58 Å². The zero-order chi connectivity index (χ0) is 9.36. The van der Waals surface area contributed by atoms with E-state index in [-0.39, 0.29) is 0 Å². The molecule has 76 valence electrons. The van der Waals surface area contributed by atoms with E-state index in [1.165, 1.54) is 13.0 Å². The molecule has 0 radical (unpaired) electrons. The van der Waals surface area contributed by atoms with Gasteiger partial charge in [0.25, 0.3) is 0 Å². The van der Waals surface area contributed by atoms with E-state index in [9.17, 15) is 0 Å². The predicted octanol–water partition coefficient (Wildman–Crippen LogP) is 0.484. The summed E-state index contributed by atoms with van der Waals surface area (Å²) in [6.45, 7) is 10.9. The molecule has 1 saturated heterocycles. The van der Waals surface area contributed by atoms with Gasteiger partial charge in [-0.25, -0.2) is 0 Å². The molecule has 0 aromatic carbocycles. The van der Waals surface area contributed by atoms with Crippen molar-refractivity contribution in [3.8, 4) is 0 Å². The first-order valence-electron chi connectivity index (χ1n) is 5.05. The summed E-state index contributed by atoms with van der Waals surface area (Å²) in [4.78, 5) is 2.46. The molecule has 1 heterocycles. The lowest BCUT2D eigenvalue weighted by Crippen LogP contribution is -2.37. The lowest BCUT2D eigenvalue weighted by atomic mass is 10.3. The summed E-state index contributed by atoms with van der Waals surface area (Å²) in [6.07, 6.45) is 3.11. The Morgan fingerprint density at radius 3 is 2.85 bits per heavy atom. The van der Waals surface area contributed by atoms with Crippen LogP contribution in [-0.4, -0.2) is 50.8 Å². The average molecular weight is 184 g/mol. The zero-order valence-corrected chi connectivity index (χ0v) is 8.30. The fourth-order valence-electron chi connectivity index (χ4n) is 1.46. The second-order valence-electron chi connectivity index (χ2n) is 3.30. The molecule has 1 rings (SSSR count). The summed E-state index contributed by atoms with van der Waals surface area (Å²) < 4.78 is 5.27. The normalized spacial score (nSPS) is 18.8. The summed E-state index contributed by atoms with van der Waals surface area (Å²) in [5.41, 5.74) is 0. The van der Waals surface area contributed by atoms with Gasteiger partial charge in [-0.3, -0.25) is 4.90 Å². The molecule has 1 fully saturated rings. The molecule has 3 heteroatoms. The fourth-order valence-corrected chi connectivity index (χ4v) is 1.46. The van der Waals surface area contributed by atoms with E-state index in [0.717, 1.165) is 39.4 Å². The topological polar surface area (TPSA) is 24.5 Å². The van der Waals surface area contributed by atoms with Crippen molar-refractivity contribution in [2.75, 3.05) is 45.9 Å². The van der Waals surface area contributed by atoms with Gasteiger partial charge in [-0.2, -0.15) is 0 Å². The number of ether oxygens (including phenoxy) is 1. The van der Waals surface area contributed by atoms with Crippen LogP contribution >= 0.6 is 0 Å². The van der Waals surface area contributed by atoms with Crippen molar-refractivity contribution in [2.45, 2.75) is 6.42 Å². The Kier molecular flexibility index (Phi) is 5.81. The maximum Gasteiger partial charge on any atom is 0.0594 e. The molecule has 1 aliphatic rings. The molecule has 0 atom stereocenters. The molecular weight excluding hydrogens is 164 g/mol. The van der Waals surface area contributed by atoms with E-state index in [4.69, 9.17) is 4.74 Å². The lowest BCUT2D eigenvalue weighted by molar-refractivity contribution is 0.0375. The Morgan fingerprint density at radius 1 is 1.38 bits per heavy atom. The minimum absolute atomic E-state index is 0.903. The number of nitrogens with zero attached hydrogens (tertiary/aromatic N) is 1. The van der Waals surface area contributed by atoms with Crippen LogP contribution in [0.4, 0.5) is 0 Å². The van der Waals surface area contributed by atoms with Crippen molar-refractivity contribution >= 4 is 0 Å². The monoisotopic (exact) mass is 184 g/mol. The molecular formula is C10H20N2O. The molecule has 0 spiro atoms. The van der Waals surface area contributed by atoms with E-state index in [2.05, 4.69) is 16.8 Å². The smallest absolute Gasteiger partial charge is 0.0594 e. The van der Waals surface area contributed by atoms with Crippen molar-refractivity contribution in [1.82, 2.24) is 10.2 Å².